The molecule has 4 aromatic rings. The monoisotopic (exact) mass is 498 g/mol. The lowest BCUT2D eigenvalue weighted by Gasteiger charge is -2.26. The van der Waals surface area contributed by atoms with Gasteiger partial charge in [-0.05, 0) is 56.2 Å². The summed E-state index contributed by atoms with van der Waals surface area (Å²) in [5, 5.41) is 3.07. The molecule has 0 unspecified atom stereocenters. The van der Waals surface area contributed by atoms with Crippen molar-refractivity contribution < 1.29 is 13.2 Å². The van der Waals surface area contributed by atoms with Crippen LogP contribution in [0.25, 0.3) is 0 Å². The van der Waals surface area contributed by atoms with Gasteiger partial charge in [-0.3, -0.25) is 9.10 Å². The van der Waals surface area contributed by atoms with Crippen molar-refractivity contribution in [2.24, 2.45) is 0 Å². The highest BCUT2D eigenvalue weighted by Gasteiger charge is 2.28. The Balaban J connectivity index is 1.68. The molecule has 0 saturated heterocycles. The van der Waals surface area contributed by atoms with Gasteiger partial charge in [0.2, 0.25) is 5.91 Å². The van der Waals surface area contributed by atoms with Crippen LogP contribution in [0.5, 0.6) is 0 Å². The average Bonchev–Trinajstić information content (AvgIpc) is 2.88. The van der Waals surface area contributed by atoms with Crippen molar-refractivity contribution in [3.63, 3.8) is 0 Å². The molecule has 6 heteroatoms. The van der Waals surface area contributed by atoms with Crippen molar-refractivity contribution in [1.82, 2.24) is 5.32 Å². The Morgan fingerprint density at radius 1 is 0.694 bits per heavy atom. The molecule has 4 rings (SSSR count). The lowest BCUT2D eigenvalue weighted by Crippen LogP contribution is -2.42. The third-order valence-corrected chi connectivity index (χ3v) is 7.86. The molecule has 0 spiro atoms. The molecule has 0 heterocycles. The predicted molar refractivity (Wildman–Crippen MR) is 144 cm³/mol. The van der Waals surface area contributed by atoms with Gasteiger partial charge in [-0.25, -0.2) is 8.42 Å². The molecule has 0 aliphatic carbocycles. The fraction of sp³-hybridized carbons (Fsp3) is 0.167. The van der Waals surface area contributed by atoms with Crippen LogP contribution in [-0.2, 0) is 14.8 Å². The van der Waals surface area contributed by atoms with E-state index in [1.54, 1.807) is 36.4 Å². The van der Waals surface area contributed by atoms with E-state index in [0.717, 1.165) is 27.8 Å². The molecule has 0 bridgehead atoms. The summed E-state index contributed by atoms with van der Waals surface area (Å²) in [6, 6.07) is 31.0. The third-order valence-electron chi connectivity index (χ3n) is 6.07. The molecule has 0 aliphatic rings. The Hall–Kier alpha value is -3.90. The van der Waals surface area contributed by atoms with E-state index >= 15 is 0 Å². The number of sulfonamides is 1. The molecule has 0 radical (unpaired) electrons. The van der Waals surface area contributed by atoms with E-state index in [2.05, 4.69) is 5.32 Å². The first-order chi connectivity index (χ1) is 17.2. The Morgan fingerprint density at radius 2 is 1.17 bits per heavy atom. The summed E-state index contributed by atoms with van der Waals surface area (Å²) in [6.45, 7) is 5.49. The van der Waals surface area contributed by atoms with Gasteiger partial charge in [-0.15, -0.1) is 0 Å². The number of rotatable bonds is 8. The van der Waals surface area contributed by atoms with Crippen LogP contribution in [0.2, 0.25) is 0 Å². The second-order valence-corrected chi connectivity index (χ2v) is 10.8. The van der Waals surface area contributed by atoms with E-state index < -0.39 is 22.0 Å². The van der Waals surface area contributed by atoms with Crippen molar-refractivity contribution in [1.29, 1.82) is 0 Å². The molecule has 5 nitrogen and oxygen atoms in total. The van der Waals surface area contributed by atoms with Gasteiger partial charge < -0.3 is 5.32 Å². The van der Waals surface area contributed by atoms with Crippen LogP contribution in [0.4, 0.5) is 5.69 Å². The number of hydrogen-bond acceptors (Lipinski definition) is 3. The van der Waals surface area contributed by atoms with Crippen molar-refractivity contribution in [2.45, 2.75) is 31.7 Å². The maximum Gasteiger partial charge on any atom is 0.264 e. The standard InChI is InChI=1S/C30H30N2O3S/c1-22-9-15-26(16-10-22)30(25-7-5-4-6-8-25)31-29(33)21-32(27-17-11-23(2)12-18-27)36(34,35)28-19-13-24(3)14-20-28/h4-20,30H,21H2,1-3H3,(H,31,33)/t30-/m1/s1. The Kier molecular flexibility index (Phi) is 7.55. The van der Waals surface area contributed by atoms with Gasteiger partial charge >= 0.3 is 0 Å². The van der Waals surface area contributed by atoms with Gasteiger partial charge in [0.1, 0.15) is 6.54 Å². The van der Waals surface area contributed by atoms with Crippen LogP contribution in [0, 0.1) is 20.8 Å². The molecule has 0 aliphatic heterocycles. The van der Waals surface area contributed by atoms with Gasteiger partial charge in [-0.1, -0.05) is 95.6 Å². The molecule has 0 fully saturated rings. The van der Waals surface area contributed by atoms with Crippen LogP contribution in [0.1, 0.15) is 33.9 Å². The Bertz CT molecular complexity index is 1410. The number of aryl methyl sites for hydroxylation is 3. The summed E-state index contributed by atoms with van der Waals surface area (Å²) >= 11 is 0. The fourth-order valence-corrected chi connectivity index (χ4v) is 5.39. The summed E-state index contributed by atoms with van der Waals surface area (Å²) in [6.07, 6.45) is 0. The zero-order valence-electron chi connectivity index (χ0n) is 20.7. The molecule has 4 aromatic carbocycles. The number of hydrogen-bond donors (Lipinski definition) is 1. The summed E-state index contributed by atoms with van der Waals surface area (Å²) in [5.74, 6) is -0.402. The number of nitrogens with one attached hydrogen (secondary N) is 1. The van der Waals surface area contributed by atoms with E-state index in [1.165, 1.54) is 4.31 Å². The van der Waals surface area contributed by atoms with Gasteiger partial charge in [0.25, 0.3) is 10.0 Å². The summed E-state index contributed by atoms with van der Waals surface area (Å²) in [4.78, 5) is 13.6. The van der Waals surface area contributed by atoms with E-state index in [4.69, 9.17) is 0 Å². The first kappa shape index (κ1) is 25.2. The molecular formula is C30H30N2O3S. The minimum Gasteiger partial charge on any atom is -0.344 e. The van der Waals surface area contributed by atoms with Crippen molar-refractivity contribution in [3.8, 4) is 0 Å². The van der Waals surface area contributed by atoms with E-state index in [0.29, 0.717) is 5.69 Å². The zero-order valence-corrected chi connectivity index (χ0v) is 21.5. The van der Waals surface area contributed by atoms with E-state index in [1.807, 2.05) is 87.5 Å². The number of carbonyl (C=O) groups is 1. The summed E-state index contributed by atoms with van der Waals surface area (Å²) in [5.41, 5.74) is 5.34. The number of benzene rings is 4. The molecular weight excluding hydrogens is 468 g/mol. The Labute approximate surface area is 213 Å². The van der Waals surface area contributed by atoms with Crippen LogP contribution in [0.3, 0.4) is 0 Å². The fourth-order valence-electron chi connectivity index (χ4n) is 3.96. The maximum atomic E-state index is 13.7. The molecule has 184 valence electrons. The van der Waals surface area contributed by atoms with Crippen LogP contribution in [-0.4, -0.2) is 20.9 Å². The molecule has 0 aromatic heterocycles. The smallest absolute Gasteiger partial charge is 0.264 e. The second-order valence-electron chi connectivity index (χ2n) is 8.98. The van der Waals surface area contributed by atoms with Gasteiger partial charge in [0, 0.05) is 0 Å². The lowest BCUT2D eigenvalue weighted by molar-refractivity contribution is -0.120. The van der Waals surface area contributed by atoms with Crippen molar-refractivity contribution >= 4 is 21.6 Å². The van der Waals surface area contributed by atoms with E-state index in [9.17, 15) is 13.2 Å². The largest absolute Gasteiger partial charge is 0.344 e. The van der Waals surface area contributed by atoms with Crippen molar-refractivity contribution in [2.75, 3.05) is 10.8 Å². The number of nitrogens with zero attached hydrogens (tertiary/aromatic N) is 1. The normalized spacial score (nSPS) is 12.1. The molecule has 0 saturated carbocycles. The Morgan fingerprint density at radius 3 is 1.72 bits per heavy atom. The summed E-state index contributed by atoms with van der Waals surface area (Å²) < 4.78 is 28.5. The maximum absolute atomic E-state index is 13.7. The van der Waals surface area contributed by atoms with E-state index in [-0.39, 0.29) is 11.4 Å². The minimum absolute atomic E-state index is 0.139. The molecule has 1 amide bonds. The highest BCUT2D eigenvalue weighted by Crippen LogP contribution is 2.26. The predicted octanol–water partition coefficient (Wildman–Crippen LogP) is 5.71. The lowest BCUT2D eigenvalue weighted by atomic mass is 9.98. The quantitative estimate of drug-likeness (QED) is 0.338. The zero-order chi connectivity index (χ0) is 25.7. The van der Waals surface area contributed by atoms with Crippen LogP contribution in [0.15, 0.2) is 108 Å². The number of carbonyl (C=O) groups excluding carboxylic acids is 1. The number of anilines is 1. The SMILES string of the molecule is Cc1ccc([C@H](NC(=O)CN(c2ccc(C)cc2)S(=O)(=O)c2ccc(C)cc2)c2ccccc2)cc1. The first-order valence-corrected chi connectivity index (χ1v) is 13.2. The third kappa shape index (κ3) is 5.83. The van der Waals surface area contributed by atoms with Gasteiger partial charge in [-0.2, -0.15) is 0 Å². The average molecular weight is 499 g/mol. The molecule has 1 atom stereocenters. The van der Waals surface area contributed by atoms with Crippen LogP contribution < -0.4 is 9.62 Å². The highest BCUT2D eigenvalue weighted by atomic mass is 32.2. The second kappa shape index (κ2) is 10.8. The molecule has 1 N–H and O–H groups in total. The highest BCUT2D eigenvalue weighted by molar-refractivity contribution is 7.92. The van der Waals surface area contributed by atoms with Gasteiger partial charge in [0.05, 0.1) is 16.6 Å². The van der Waals surface area contributed by atoms with Crippen LogP contribution >= 0.6 is 0 Å². The molecule has 36 heavy (non-hydrogen) atoms. The van der Waals surface area contributed by atoms with Crippen molar-refractivity contribution in [3.05, 3.63) is 131 Å². The topological polar surface area (TPSA) is 66.5 Å². The first-order valence-electron chi connectivity index (χ1n) is 11.8. The van der Waals surface area contributed by atoms with Gasteiger partial charge in [0.15, 0.2) is 0 Å². The minimum atomic E-state index is -3.98. The summed E-state index contributed by atoms with van der Waals surface area (Å²) in [7, 11) is -3.98. The number of amides is 1.